The van der Waals surface area contributed by atoms with E-state index in [-0.39, 0.29) is 17.6 Å². The highest BCUT2D eigenvalue weighted by atomic mass is 16.5. The zero-order chi connectivity index (χ0) is 25.4. The minimum absolute atomic E-state index is 0.0859. The first-order valence-electron chi connectivity index (χ1n) is 13.0. The predicted octanol–water partition coefficient (Wildman–Crippen LogP) is 4.07. The van der Waals surface area contributed by atoms with Crippen LogP contribution in [0.4, 0.5) is 11.4 Å². The number of carbonyl (C=O) groups is 1. The number of morpholine rings is 1. The first-order valence-corrected chi connectivity index (χ1v) is 13.0. The standard InChI is InChI=1S/C29H32N4O4/c1-19(34)32-12-9-22(10-13-32)31-23-7-8-26-21(17-23)16-20-4-2-5-24(28(20)37-26)27-18-33(14-15-36-27)25-6-3-11-30-29(25)35/h2-8,11,17,22,27,31H,9-10,12-16,18H2,1H3,(H,30,35). The lowest BCUT2D eigenvalue weighted by atomic mass is 9.95. The first-order chi connectivity index (χ1) is 18.0. The molecule has 3 aromatic rings. The number of ether oxygens (including phenoxy) is 2. The average Bonchev–Trinajstić information content (AvgIpc) is 2.92. The van der Waals surface area contributed by atoms with Crippen LogP contribution in [0.25, 0.3) is 0 Å². The maximum Gasteiger partial charge on any atom is 0.271 e. The van der Waals surface area contributed by atoms with Crippen molar-refractivity contribution in [3.8, 4) is 11.5 Å². The second-order valence-electron chi connectivity index (χ2n) is 10.1. The summed E-state index contributed by atoms with van der Waals surface area (Å²) in [7, 11) is 0. The number of H-pyrrole nitrogens is 1. The number of carbonyl (C=O) groups excluding carboxylic acids is 1. The van der Waals surface area contributed by atoms with Gasteiger partial charge in [0.2, 0.25) is 5.91 Å². The quantitative estimate of drug-likeness (QED) is 0.439. The van der Waals surface area contributed by atoms with E-state index >= 15 is 0 Å². The molecule has 8 nitrogen and oxygen atoms in total. The second kappa shape index (κ2) is 9.94. The minimum atomic E-state index is -0.188. The Balaban J connectivity index is 1.18. The fourth-order valence-electron chi connectivity index (χ4n) is 5.64. The van der Waals surface area contributed by atoms with Crippen LogP contribution in [0.1, 0.15) is 42.6 Å². The summed E-state index contributed by atoms with van der Waals surface area (Å²) in [6.45, 7) is 5.05. The van der Waals surface area contributed by atoms with Crippen molar-refractivity contribution in [3.05, 3.63) is 81.8 Å². The minimum Gasteiger partial charge on any atom is -0.456 e. The smallest absolute Gasteiger partial charge is 0.271 e. The van der Waals surface area contributed by atoms with Gasteiger partial charge in [-0.3, -0.25) is 9.59 Å². The fourth-order valence-corrected chi connectivity index (χ4v) is 5.64. The number of likely N-dealkylation sites (tertiary alicyclic amines) is 1. The van der Waals surface area contributed by atoms with Gasteiger partial charge in [-0.25, -0.2) is 0 Å². The summed E-state index contributed by atoms with van der Waals surface area (Å²) >= 11 is 0. The van der Waals surface area contributed by atoms with Crippen LogP contribution in [0.5, 0.6) is 11.5 Å². The molecule has 0 spiro atoms. The van der Waals surface area contributed by atoms with Crippen molar-refractivity contribution in [1.82, 2.24) is 9.88 Å². The lowest BCUT2D eigenvalue weighted by molar-refractivity contribution is -0.129. The lowest BCUT2D eigenvalue weighted by Gasteiger charge is -2.35. The zero-order valence-corrected chi connectivity index (χ0v) is 21.0. The summed E-state index contributed by atoms with van der Waals surface area (Å²) in [5.74, 6) is 1.88. The normalized spacial score (nSPS) is 19.5. The van der Waals surface area contributed by atoms with E-state index in [1.54, 1.807) is 13.1 Å². The van der Waals surface area contributed by atoms with Crippen LogP contribution in [0, 0.1) is 0 Å². The molecule has 2 fully saturated rings. The number of anilines is 2. The average molecular weight is 501 g/mol. The van der Waals surface area contributed by atoms with Crippen molar-refractivity contribution >= 4 is 17.3 Å². The molecule has 1 unspecified atom stereocenters. The lowest BCUT2D eigenvalue weighted by Crippen LogP contribution is -2.41. The van der Waals surface area contributed by atoms with Gasteiger partial charge >= 0.3 is 0 Å². The van der Waals surface area contributed by atoms with E-state index in [1.807, 2.05) is 23.1 Å². The van der Waals surface area contributed by atoms with Gasteiger partial charge in [0, 0.05) is 68.6 Å². The van der Waals surface area contributed by atoms with Gasteiger partial charge in [0.05, 0.1) is 6.61 Å². The highest BCUT2D eigenvalue weighted by molar-refractivity contribution is 5.73. The number of hydrogen-bond donors (Lipinski definition) is 2. The highest BCUT2D eigenvalue weighted by Crippen LogP contribution is 2.43. The number of hydrogen-bond acceptors (Lipinski definition) is 6. The first kappa shape index (κ1) is 23.6. The monoisotopic (exact) mass is 500 g/mol. The van der Waals surface area contributed by atoms with Crippen LogP contribution in [0.3, 0.4) is 0 Å². The second-order valence-corrected chi connectivity index (χ2v) is 10.1. The van der Waals surface area contributed by atoms with Gasteiger partial charge in [-0.15, -0.1) is 0 Å². The van der Waals surface area contributed by atoms with Crippen molar-refractivity contribution in [2.45, 2.75) is 38.3 Å². The molecule has 192 valence electrons. The predicted molar refractivity (Wildman–Crippen MR) is 143 cm³/mol. The third kappa shape index (κ3) is 4.81. The van der Waals surface area contributed by atoms with Crippen molar-refractivity contribution in [2.24, 2.45) is 0 Å². The van der Waals surface area contributed by atoms with Crippen LogP contribution in [0.2, 0.25) is 0 Å². The number of benzene rings is 2. The Labute approximate surface area is 216 Å². The maximum atomic E-state index is 12.3. The third-order valence-electron chi connectivity index (χ3n) is 7.64. The van der Waals surface area contributed by atoms with Gasteiger partial charge in [0.15, 0.2) is 0 Å². The van der Waals surface area contributed by atoms with E-state index in [0.717, 1.165) is 66.2 Å². The van der Waals surface area contributed by atoms with Crippen LogP contribution in [-0.4, -0.2) is 54.6 Å². The van der Waals surface area contributed by atoms with Gasteiger partial charge in [-0.05, 0) is 48.7 Å². The maximum absolute atomic E-state index is 12.3. The summed E-state index contributed by atoms with van der Waals surface area (Å²) in [6, 6.07) is 16.6. The Morgan fingerprint density at radius 3 is 2.73 bits per heavy atom. The van der Waals surface area contributed by atoms with Crippen LogP contribution < -0.4 is 20.5 Å². The molecule has 37 heavy (non-hydrogen) atoms. The van der Waals surface area contributed by atoms with Crippen molar-refractivity contribution in [1.29, 1.82) is 0 Å². The molecule has 1 atom stereocenters. The van der Waals surface area contributed by atoms with Crippen LogP contribution in [-0.2, 0) is 16.0 Å². The topological polar surface area (TPSA) is 86.9 Å². The molecule has 2 aromatic carbocycles. The van der Waals surface area contributed by atoms with E-state index in [4.69, 9.17) is 9.47 Å². The van der Waals surface area contributed by atoms with Crippen LogP contribution in [0.15, 0.2) is 59.5 Å². The number of piperidine rings is 1. The largest absolute Gasteiger partial charge is 0.456 e. The molecular formula is C29H32N4O4. The van der Waals surface area contributed by atoms with Crippen molar-refractivity contribution < 1.29 is 14.3 Å². The number of aromatic nitrogens is 1. The Bertz CT molecular complexity index is 1360. The molecule has 0 saturated carbocycles. The molecule has 1 aromatic heterocycles. The molecule has 3 aliphatic heterocycles. The van der Waals surface area contributed by atoms with Crippen molar-refractivity contribution in [2.75, 3.05) is 43.0 Å². The van der Waals surface area contributed by atoms with Gasteiger partial charge in [0.1, 0.15) is 23.3 Å². The summed E-state index contributed by atoms with van der Waals surface area (Å²) in [5, 5.41) is 3.66. The summed E-state index contributed by atoms with van der Waals surface area (Å²) in [4.78, 5) is 30.7. The van der Waals surface area contributed by atoms with Gasteiger partial charge in [-0.1, -0.05) is 18.2 Å². The number of aromatic amines is 1. The van der Waals surface area contributed by atoms with E-state index in [2.05, 4.69) is 45.5 Å². The van der Waals surface area contributed by atoms with Gasteiger partial charge in [-0.2, -0.15) is 0 Å². The third-order valence-corrected chi connectivity index (χ3v) is 7.64. The Kier molecular flexibility index (Phi) is 6.34. The highest BCUT2D eigenvalue weighted by Gasteiger charge is 2.29. The van der Waals surface area contributed by atoms with E-state index in [1.165, 1.54) is 0 Å². The van der Waals surface area contributed by atoms with Gasteiger partial charge < -0.3 is 29.6 Å². The number of nitrogens with one attached hydrogen (secondary N) is 2. The Morgan fingerprint density at radius 1 is 1.05 bits per heavy atom. The molecule has 2 saturated heterocycles. The molecule has 6 rings (SSSR count). The number of nitrogens with zero attached hydrogens (tertiary/aromatic N) is 2. The van der Waals surface area contributed by atoms with E-state index in [0.29, 0.717) is 31.4 Å². The molecule has 2 N–H and O–H groups in total. The molecule has 4 heterocycles. The summed E-state index contributed by atoms with van der Waals surface area (Å²) in [6.07, 6.45) is 4.15. The summed E-state index contributed by atoms with van der Waals surface area (Å²) < 4.78 is 12.6. The Morgan fingerprint density at radius 2 is 1.92 bits per heavy atom. The molecule has 0 aliphatic carbocycles. The zero-order valence-electron chi connectivity index (χ0n) is 21.0. The van der Waals surface area contributed by atoms with Crippen LogP contribution >= 0.6 is 0 Å². The molecule has 0 bridgehead atoms. The number of amides is 1. The number of para-hydroxylation sites is 1. The summed E-state index contributed by atoms with van der Waals surface area (Å²) in [5.41, 5.74) is 4.96. The number of pyridine rings is 1. The molecule has 0 radical (unpaired) electrons. The van der Waals surface area contributed by atoms with Crippen molar-refractivity contribution in [3.63, 3.8) is 0 Å². The van der Waals surface area contributed by atoms with E-state index in [9.17, 15) is 9.59 Å². The molecule has 1 amide bonds. The Hall–Kier alpha value is -3.78. The molecule has 8 heteroatoms. The van der Waals surface area contributed by atoms with Gasteiger partial charge in [0.25, 0.3) is 5.56 Å². The molecule has 3 aliphatic rings. The number of rotatable bonds is 4. The molecular weight excluding hydrogens is 468 g/mol. The van der Waals surface area contributed by atoms with E-state index < -0.39 is 0 Å². The fraction of sp³-hybridized carbons (Fsp3) is 0.379. The number of fused-ring (bicyclic) bond motifs is 2. The SMILES string of the molecule is CC(=O)N1CCC(Nc2ccc3c(c2)Cc2cccc(C4CN(c5ccc[nH]c5=O)CCO4)c2O3)CC1.